The highest BCUT2D eigenvalue weighted by atomic mass is 16.5. The van der Waals surface area contributed by atoms with E-state index >= 15 is 0 Å². The number of rotatable bonds is 4. The summed E-state index contributed by atoms with van der Waals surface area (Å²) in [4.78, 5) is 17.1. The van der Waals surface area contributed by atoms with Crippen LogP contribution in [0, 0.1) is 0 Å². The maximum Gasteiger partial charge on any atom is 0.257 e. The Morgan fingerprint density at radius 1 is 1.31 bits per heavy atom. The van der Waals surface area contributed by atoms with Crippen molar-refractivity contribution in [3.05, 3.63) is 47.3 Å². The highest BCUT2D eigenvalue weighted by Gasteiger charge is 2.29. The molecule has 4 rings (SSSR count). The second-order valence-electron chi connectivity index (χ2n) is 7.00. The standard InChI is InChI=1S/C19H24N4O3/c24-16-3-1-2-14(10-16)12-22-5-7-23(8-6-22)19(25)17-11-20-21-18(17)15-4-9-26-13-15/h1-3,10-11,15,24H,4-9,12-13H2,(H,20,21). The van der Waals surface area contributed by atoms with Gasteiger partial charge in [0.05, 0.1) is 24.1 Å². The quantitative estimate of drug-likeness (QED) is 0.869. The summed E-state index contributed by atoms with van der Waals surface area (Å²) in [5.74, 6) is 0.584. The van der Waals surface area contributed by atoms with Gasteiger partial charge in [-0.15, -0.1) is 0 Å². The maximum atomic E-state index is 12.9. The third-order valence-electron chi connectivity index (χ3n) is 5.21. The van der Waals surface area contributed by atoms with Crippen molar-refractivity contribution >= 4 is 5.91 Å². The van der Waals surface area contributed by atoms with E-state index in [9.17, 15) is 9.90 Å². The van der Waals surface area contributed by atoms with Crippen LogP contribution in [0.4, 0.5) is 0 Å². The molecule has 7 nitrogen and oxygen atoms in total. The molecule has 0 spiro atoms. The van der Waals surface area contributed by atoms with Crippen LogP contribution in [0.3, 0.4) is 0 Å². The summed E-state index contributed by atoms with van der Waals surface area (Å²) in [5.41, 5.74) is 2.68. The predicted molar refractivity (Wildman–Crippen MR) is 96.1 cm³/mol. The number of nitrogens with zero attached hydrogens (tertiary/aromatic N) is 3. The lowest BCUT2D eigenvalue weighted by Gasteiger charge is -2.34. The average molecular weight is 356 g/mol. The number of hydrogen-bond acceptors (Lipinski definition) is 5. The van der Waals surface area contributed by atoms with E-state index in [0.717, 1.165) is 43.9 Å². The van der Waals surface area contributed by atoms with Gasteiger partial charge < -0.3 is 14.7 Å². The smallest absolute Gasteiger partial charge is 0.257 e. The molecule has 26 heavy (non-hydrogen) atoms. The van der Waals surface area contributed by atoms with Crippen LogP contribution in [0.2, 0.25) is 0 Å². The van der Waals surface area contributed by atoms with Gasteiger partial charge in [-0.3, -0.25) is 14.8 Å². The van der Waals surface area contributed by atoms with Crippen LogP contribution < -0.4 is 0 Å². The van der Waals surface area contributed by atoms with Crippen molar-refractivity contribution in [2.45, 2.75) is 18.9 Å². The van der Waals surface area contributed by atoms with Gasteiger partial charge in [-0.1, -0.05) is 12.1 Å². The fourth-order valence-electron chi connectivity index (χ4n) is 3.73. The predicted octanol–water partition coefficient (Wildman–Crippen LogP) is 1.58. The topological polar surface area (TPSA) is 81.7 Å². The Morgan fingerprint density at radius 3 is 2.88 bits per heavy atom. The first-order valence-electron chi connectivity index (χ1n) is 9.11. The number of ether oxygens (including phenoxy) is 1. The minimum absolute atomic E-state index is 0.0534. The molecule has 1 aromatic heterocycles. The molecule has 0 radical (unpaired) electrons. The molecule has 2 N–H and O–H groups in total. The van der Waals surface area contributed by atoms with Crippen molar-refractivity contribution in [2.75, 3.05) is 39.4 Å². The molecule has 0 bridgehead atoms. The summed E-state index contributed by atoms with van der Waals surface area (Å²) in [6, 6.07) is 7.34. The van der Waals surface area contributed by atoms with Gasteiger partial charge in [-0.2, -0.15) is 5.10 Å². The SMILES string of the molecule is O=C(c1cn[nH]c1C1CCOC1)N1CCN(Cc2cccc(O)c2)CC1. The van der Waals surface area contributed by atoms with Crippen LogP contribution in [-0.2, 0) is 11.3 Å². The summed E-state index contributed by atoms with van der Waals surface area (Å²) < 4.78 is 5.44. The average Bonchev–Trinajstić information content (AvgIpc) is 3.33. The lowest BCUT2D eigenvalue weighted by molar-refractivity contribution is 0.0627. The molecule has 2 aliphatic heterocycles. The third kappa shape index (κ3) is 3.59. The van der Waals surface area contributed by atoms with Crippen LogP contribution in [0.25, 0.3) is 0 Å². The summed E-state index contributed by atoms with van der Waals surface area (Å²) in [7, 11) is 0. The number of aromatic amines is 1. The number of phenolic OH excluding ortho intramolecular Hbond substituents is 1. The number of hydrogen-bond donors (Lipinski definition) is 2. The summed E-state index contributed by atoms with van der Waals surface area (Å²) >= 11 is 0. The molecular weight excluding hydrogens is 332 g/mol. The molecule has 138 valence electrons. The van der Waals surface area contributed by atoms with Crippen molar-refractivity contribution < 1.29 is 14.6 Å². The van der Waals surface area contributed by atoms with Gasteiger partial charge in [-0.05, 0) is 24.1 Å². The lowest BCUT2D eigenvalue weighted by Crippen LogP contribution is -2.48. The van der Waals surface area contributed by atoms with Gasteiger partial charge in [0.15, 0.2) is 0 Å². The van der Waals surface area contributed by atoms with Gasteiger partial charge in [0.1, 0.15) is 5.75 Å². The van der Waals surface area contributed by atoms with Gasteiger partial charge in [0, 0.05) is 45.2 Å². The summed E-state index contributed by atoms with van der Waals surface area (Å²) in [6.07, 6.45) is 2.58. The number of aromatic nitrogens is 2. The number of nitrogens with one attached hydrogen (secondary N) is 1. The minimum atomic E-state index is 0.0534. The van der Waals surface area contributed by atoms with E-state index in [1.165, 1.54) is 0 Å². The maximum absolute atomic E-state index is 12.9. The molecule has 1 atom stereocenters. The Morgan fingerprint density at radius 2 is 2.15 bits per heavy atom. The number of piperazine rings is 1. The van der Waals surface area contributed by atoms with Crippen molar-refractivity contribution in [2.24, 2.45) is 0 Å². The van der Waals surface area contributed by atoms with E-state index in [-0.39, 0.29) is 11.8 Å². The fraction of sp³-hybridized carbons (Fsp3) is 0.474. The number of benzene rings is 1. The lowest BCUT2D eigenvalue weighted by atomic mass is 10.0. The molecular formula is C19H24N4O3. The molecule has 7 heteroatoms. The Labute approximate surface area is 152 Å². The van der Waals surface area contributed by atoms with Crippen molar-refractivity contribution in [1.82, 2.24) is 20.0 Å². The Hall–Kier alpha value is -2.38. The summed E-state index contributed by atoms with van der Waals surface area (Å²) in [6.45, 7) is 5.22. The van der Waals surface area contributed by atoms with Crippen LogP contribution in [0.1, 0.15) is 34.0 Å². The van der Waals surface area contributed by atoms with E-state index < -0.39 is 0 Å². The zero-order chi connectivity index (χ0) is 17.9. The molecule has 0 aliphatic carbocycles. The van der Waals surface area contributed by atoms with E-state index in [0.29, 0.717) is 31.0 Å². The van der Waals surface area contributed by atoms with Gasteiger partial charge in [-0.25, -0.2) is 0 Å². The van der Waals surface area contributed by atoms with Gasteiger partial charge in [0.2, 0.25) is 0 Å². The Kier molecular flexibility index (Phi) is 4.90. The monoisotopic (exact) mass is 356 g/mol. The number of H-pyrrole nitrogens is 1. The fourth-order valence-corrected chi connectivity index (χ4v) is 3.73. The molecule has 1 unspecified atom stereocenters. The van der Waals surface area contributed by atoms with Crippen molar-refractivity contribution in [3.8, 4) is 5.75 Å². The molecule has 1 amide bonds. The highest BCUT2D eigenvalue weighted by Crippen LogP contribution is 2.27. The number of aromatic hydroxyl groups is 1. The zero-order valence-corrected chi connectivity index (χ0v) is 14.7. The van der Waals surface area contributed by atoms with Crippen LogP contribution in [0.15, 0.2) is 30.5 Å². The number of carbonyl (C=O) groups excluding carboxylic acids is 1. The second-order valence-corrected chi connectivity index (χ2v) is 7.00. The number of amides is 1. The molecule has 2 fully saturated rings. The Bertz CT molecular complexity index is 762. The first-order valence-corrected chi connectivity index (χ1v) is 9.11. The van der Waals surface area contributed by atoms with Crippen LogP contribution in [0.5, 0.6) is 5.75 Å². The summed E-state index contributed by atoms with van der Waals surface area (Å²) in [5, 5.41) is 16.7. The highest BCUT2D eigenvalue weighted by molar-refractivity contribution is 5.95. The molecule has 2 saturated heterocycles. The van der Waals surface area contributed by atoms with Crippen LogP contribution >= 0.6 is 0 Å². The number of phenols is 1. The normalized spacial score (nSPS) is 21.2. The number of carbonyl (C=O) groups is 1. The first kappa shape index (κ1) is 17.1. The van der Waals surface area contributed by atoms with Crippen LogP contribution in [-0.4, -0.2) is 70.4 Å². The zero-order valence-electron chi connectivity index (χ0n) is 14.7. The first-order chi connectivity index (χ1) is 12.7. The van der Waals surface area contributed by atoms with E-state index in [1.54, 1.807) is 18.3 Å². The van der Waals surface area contributed by atoms with Crippen molar-refractivity contribution in [3.63, 3.8) is 0 Å². The second kappa shape index (κ2) is 7.47. The van der Waals surface area contributed by atoms with Gasteiger partial charge in [0.25, 0.3) is 5.91 Å². The molecule has 1 aromatic carbocycles. The van der Waals surface area contributed by atoms with Gasteiger partial charge >= 0.3 is 0 Å². The Balaban J connectivity index is 1.36. The minimum Gasteiger partial charge on any atom is -0.508 e. The molecule has 3 heterocycles. The van der Waals surface area contributed by atoms with Crippen molar-refractivity contribution in [1.29, 1.82) is 0 Å². The molecule has 2 aliphatic rings. The third-order valence-corrected chi connectivity index (χ3v) is 5.21. The van der Waals surface area contributed by atoms with E-state index in [4.69, 9.17) is 4.74 Å². The van der Waals surface area contributed by atoms with E-state index in [2.05, 4.69) is 15.1 Å². The largest absolute Gasteiger partial charge is 0.508 e. The molecule has 0 saturated carbocycles. The van der Waals surface area contributed by atoms with E-state index in [1.807, 2.05) is 17.0 Å². The molecule has 2 aromatic rings.